The third-order valence-corrected chi connectivity index (χ3v) is 8.97. The molecule has 0 aliphatic carbocycles. The van der Waals surface area contributed by atoms with E-state index in [9.17, 15) is 13.2 Å². The molecule has 1 aliphatic heterocycles. The highest BCUT2D eigenvalue weighted by atomic mass is 32.2. The van der Waals surface area contributed by atoms with Crippen LogP contribution in [0.4, 0.5) is 5.69 Å². The van der Waals surface area contributed by atoms with Crippen LogP contribution >= 0.6 is 0 Å². The highest BCUT2D eigenvalue weighted by Crippen LogP contribution is 2.40. The van der Waals surface area contributed by atoms with Crippen LogP contribution in [0.15, 0.2) is 65.6 Å². The Balaban J connectivity index is 1.69. The number of carbonyl (C=O) groups is 1. The van der Waals surface area contributed by atoms with E-state index >= 15 is 0 Å². The molecule has 3 aromatic carbocycles. The molecule has 0 bridgehead atoms. The predicted octanol–water partition coefficient (Wildman–Crippen LogP) is 5.53. The number of amides is 1. The molecule has 40 heavy (non-hydrogen) atoms. The number of aryl methyl sites for hydroxylation is 1. The van der Waals surface area contributed by atoms with Crippen LogP contribution in [-0.2, 0) is 20.2 Å². The molecule has 0 saturated heterocycles. The van der Waals surface area contributed by atoms with Crippen molar-refractivity contribution >= 4 is 21.6 Å². The Labute approximate surface area is 237 Å². The van der Waals surface area contributed by atoms with Crippen molar-refractivity contribution in [1.29, 1.82) is 0 Å². The monoisotopic (exact) mass is 566 g/mol. The number of nitrogens with one attached hydrogen (secondary N) is 1. The first-order valence-corrected chi connectivity index (χ1v) is 14.8. The predicted molar refractivity (Wildman–Crippen MR) is 156 cm³/mol. The molecule has 0 spiro atoms. The third-order valence-electron chi connectivity index (χ3n) is 7.18. The standard InChI is InChI=1S/C31H38N2O6S/c1-8-25(21-9-15-27(38-7)20(2)17-21)32-30(34)29-19-33(40(35,36)24-13-11-23(37-6)12-14-24)26-18-22(31(3,4)5)10-16-28(26)39-29/h9-18,25,29H,8,19H2,1-7H3,(H,32,34)/t25-,29-/m1/s1. The second-order valence-corrected chi connectivity index (χ2v) is 12.8. The number of methoxy groups -OCH3 is 2. The summed E-state index contributed by atoms with van der Waals surface area (Å²) >= 11 is 0. The van der Waals surface area contributed by atoms with Gasteiger partial charge in [-0.1, -0.05) is 45.9 Å². The van der Waals surface area contributed by atoms with E-state index in [0.29, 0.717) is 23.6 Å². The van der Waals surface area contributed by atoms with Gasteiger partial charge in [-0.05, 0) is 77.9 Å². The van der Waals surface area contributed by atoms with Gasteiger partial charge in [0.25, 0.3) is 15.9 Å². The Morgan fingerprint density at radius 1 is 1.05 bits per heavy atom. The minimum absolute atomic E-state index is 0.0987. The van der Waals surface area contributed by atoms with Gasteiger partial charge in [0.15, 0.2) is 6.10 Å². The van der Waals surface area contributed by atoms with Crippen molar-refractivity contribution in [1.82, 2.24) is 5.32 Å². The zero-order valence-electron chi connectivity index (χ0n) is 24.1. The molecule has 0 unspecified atom stereocenters. The SMILES string of the molecule is CC[C@@H](NC(=O)[C@H]1CN(S(=O)(=O)c2ccc(OC)cc2)c2cc(C(C)(C)C)ccc2O1)c1ccc(OC)c(C)c1. The van der Waals surface area contributed by atoms with Crippen molar-refractivity contribution in [2.75, 3.05) is 25.1 Å². The van der Waals surface area contributed by atoms with E-state index in [4.69, 9.17) is 14.2 Å². The molecule has 1 heterocycles. The summed E-state index contributed by atoms with van der Waals surface area (Å²) in [6.45, 7) is 9.94. The summed E-state index contributed by atoms with van der Waals surface area (Å²) < 4.78 is 45.9. The number of hydrogen-bond acceptors (Lipinski definition) is 6. The molecular weight excluding hydrogens is 528 g/mol. The Morgan fingerprint density at radius 3 is 2.33 bits per heavy atom. The molecule has 3 aromatic rings. The number of ether oxygens (including phenoxy) is 3. The summed E-state index contributed by atoms with van der Waals surface area (Å²) in [5.74, 6) is 1.27. The van der Waals surface area contributed by atoms with E-state index in [1.807, 2.05) is 44.2 Å². The summed E-state index contributed by atoms with van der Waals surface area (Å²) in [5.41, 5.74) is 3.03. The average Bonchev–Trinajstić information content (AvgIpc) is 2.94. The van der Waals surface area contributed by atoms with Crippen molar-refractivity contribution in [2.24, 2.45) is 0 Å². The van der Waals surface area contributed by atoms with Gasteiger partial charge in [0.05, 0.1) is 37.4 Å². The third kappa shape index (κ3) is 5.89. The lowest BCUT2D eigenvalue weighted by atomic mass is 9.86. The molecule has 1 aliphatic rings. The van der Waals surface area contributed by atoms with Crippen molar-refractivity contribution in [2.45, 2.75) is 63.5 Å². The first kappa shape index (κ1) is 29.3. The molecule has 0 fully saturated rings. The second kappa shape index (κ2) is 11.4. The minimum Gasteiger partial charge on any atom is -0.497 e. The quantitative estimate of drug-likeness (QED) is 0.385. The summed E-state index contributed by atoms with van der Waals surface area (Å²) in [7, 11) is -0.881. The lowest BCUT2D eigenvalue weighted by Crippen LogP contribution is -2.51. The number of rotatable bonds is 8. The largest absolute Gasteiger partial charge is 0.497 e. The van der Waals surface area contributed by atoms with Gasteiger partial charge < -0.3 is 19.5 Å². The zero-order valence-corrected chi connectivity index (χ0v) is 25.0. The summed E-state index contributed by atoms with van der Waals surface area (Å²) in [5, 5.41) is 3.07. The van der Waals surface area contributed by atoms with Crippen LogP contribution in [0.5, 0.6) is 17.2 Å². The lowest BCUT2D eigenvalue weighted by Gasteiger charge is -2.36. The number of hydrogen-bond donors (Lipinski definition) is 1. The molecule has 1 amide bonds. The van der Waals surface area contributed by atoms with Crippen molar-refractivity contribution in [3.8, 4) is 17.2 Å². The van der Waals surface area contributed by atoms with Crippen LogP contribution < -0.4 is 23.8 Å². The maximum Gasteiger partial charge on any atom is 0.264 e. The maximum absolute atomic E-state index is 14.0. The minimum atomic E-state index is -4.02. The van der Waals surface area contributed by atoms with Gasteiger partial charge in [-0.15, -0.1) is 0 Å². The summed E-state index contributed by atoms with van der Waals surface area (Å²) in [4.78, 5) is 13.7. The van der Waals surface area contributed by atoms with Crippen molar-refractivity contribution in [3.05, 3.63) is 77.4 Å². The van der Waals surface area contributed by atoms with Gasteiger partial charge in [-0.25, -0.2) is 8.42 Å². The first-order chi connectivity index (χ1) is 18.9. The zero-order chi connectivity index (χ0) is 29.2. The normalized spacial score (nSPS) is 16.0. The van der Waals surface area contributed by atoms with Crippen LogP contribution in [-0.4, -0.2) is 41.2 Å². The fourth-order valence-corrected chi connectivity index (χ4v) is 6.23. The fraction of sp³-hybridized carbons (Fsp3) is 0.387. The fourth-order valence-electron chi connectivity index (χ4n) is 4.76. The first-order valence-electron chi connectivity index (χ1n) is 13.3. The van der Waals surface area contributed by atoms with E-state index in [-0.39, 0.29) is 28.8 Å². The number of sulfonamides is 1. The van der Waals surface area contributed by atoms with Gasteiger partial charge in [0, 0.05) is 0 Å². The Morgan fingerprint density at radius 2 is 1.75 bits per heavy atom. The Kier molecular flexibility index (Phi) is 8.35. The number of anilines is 1. The van der Waals surface area contributed by atoms with Crippen LogP contribution in [0.25, 0.3) is 0 Å². The number of carbonyl (C=O) groups excluding carboxylic acids is 1. The number of fused-ring (bicyclic) bond motifs is 1. The van der Waals surface area contributed by atoms with Gasteiger partial charge in [-0.3, -0.25) is 9.10 Å². The molecule has 9 heteroatoms. The van der Waals surface area contributed by atoms with Crippen LogP contribution in [0.3, 0.4) is 0 Å². The summed E-state index contributed by atoms with van der Waals surface area (Å²) in [6.07, 6.45) is -0.404. The average molecular weight is 567 g/mol. The van der Waals surface area contributed by atoms with E-state index in [1.165, 1.54) is 23.5 Å². The second-order valence-electron chi connectivity index (χ2n) is 10.9. The molecule has 1 N–H and O–H groups in total. The lowest BCUT2D eigenvalue weighted by molar-refractivity contribution is -0.128. The van der Waals surface area contributed by atoms with E-state index in [0.717, 1.165) is 22.4 Å². The van der Waals surface area contributed by atoms with E-state index < -0.39 is 16.1 Å². The van der Waals surface area contributed by atoms with E-state index in [2.05, 4.69) is 26.1 Å². The Bertz CT molecular complexity index is 1480. The van der Waals surface area contributed by atoms with Crippen molar-refractivity contribution < 1.29 is 27.4 Å². The van der Waals surface area contributed by atoms with Gasteiger partial charge >= 0.3 is 0 Å². The number of nitrogens with zero attached hydrogens (tertiary/aromatic N) is 1. The number of benzene rings is 3. The van der Waals surface area contributed by atoms with Gasteiger partial charge in [0.1, 0.15) is 17.2 Å². The van der Waals surface area contributed by atoms with Crippen molar-refractivity contribution in [3.63, 3.8) is 0 Å². The molecule has 0 radical (unpaired) electrons. The molecule has 4 rings (SSSR count). The topological polar surface area (TPSA) is 94.2 Å². The highest BCUT2D eigenvalue weighted by Gasteiger charge is 2.39. The molecule has 2 atom stereocenters. The maximum atomic E-state index is 14.0. The van der Waals surface area contributed by atoms with Gasteiger partial charge in [-0.2, -0.15) is 0 Å². The van der Waals surface area contributed by atoms with Crippen LogP contribution in [0.2, 0.25) is 0 Å². The summed E-state index contributed by atoms with van der Waals surface area (Å²) in [6, 6.07) is 17.2. The van der Waals surface area contributed by atoms with E-state index in [1.54, 1.807) is 25.3 Å². The molecule has 8 nitrogen and oxygen atoms in total. The van der Waals surface area contributed by atoms with Gasteiger partial charge in [0.2, 0.25) is 0 Å². The Hall–Kier alpha value is -3.72. The molecule has 0 saturated carbocycles. The van der Waals surface area contributed by atoms with Crippen LogP contribution in [0, 0.1) is 6.92 Å². The molecule has 0 aromatic heterocycles. The molecular formula is C31H38N2O6S. The smallest absolute Gasteiger partial charge is 0.264 e. The highest BCUT2D eigenvalue weighted by molar-refractivity contribution is 7.92. The molecule has 214 valence electrons. The van der Waals surface area contributed by atoms with Crippen LogP contribution in [0.1, 0.15) is 56.8 Å².